The van der Waals surface area contributed by atoms with Gasteiger partial charge in [0.2, 0.25) is 16.6 Å². The molecule has 0 radical (unpaired) electrons. The predicted octanol–water partition coefficient (Wildman–Crippen LogP) is 8.11. The lowest BCUT2D eigenvalue weighted by Gasteiger charge is -2.43. The van der Waals surface area contributed by atoms with E-state index < -0.39 is 24.7 Å². The molecule has 0 amide bonds. The van der Waals surface area contributed by atoms with E-state index in [1.165, 1.54) is 31.4 Å². The number of rotatable bonds is 4. The van der Waals surface area contributed by atoms with E-state index in [9.17, 15) is 0 Å². The lowest BCUT2D eigenvalue weighted by Crippen LogP contribution is -2.63. The van der Waals surface area contributed by atoms with E-state index in [-0.39, 0.29) is 10.1 Å². The second-order valence-electron chi connectivity index (χ2n) is 14.2. The quantitative estimate of drug-likeness (QED) is 0.376. The van der Waals surface area contributed by atoms with Crippen molar-refractivity contribution in [1.82, 2.24) is 0 Å². The van der Waals surface area contributed by atoms with Crippen molar-refractivity contribution in [2.75, 3.05) is 0 Å². The van der Waals surface area contributed by atoms with Crippen LogP contribution >= 0.6 is 0 Å². The van der Waals surface area contributed by atoms with Gasteiger partial charge in [-0.15, -0.1) is 0 Å². The summed E-state index contributed by atoms with van der Waals surface area (Å²) < 4.78 is 13.6. The zero-order valence-corrected chi connectivity index (χ0v) is 27.0. The molecule has 5 heteroatoms. The highest BCUT2D eigenvalue weighted by atomic mass is 28.4. The van der Waals surface area contributed by atoms with Gasteiger partial charge in [0.05, 0.1) is 0 Å². The number of hydrogen-bond acceptors (Lipinski definition) is 2. The summed E-state index contributed by atoms with van der Waals surface area (Å²) in [6.45, 7) is 23.4. The van der Waals surface area contributed by atoms with Crippen molar-refractivity contribution >= 4 is 35.1 Å². The molecule has 1 fully saturated rings. The van der Waals surface area contributed by atoms with Crippen LogP contribution in [0.25, 0.3) is 0 Å². The van der Waals surface area contributed by atoms with Gasteiger partial charge in [-0.05, 0) is 101 Å². The minimum Gasteiger partial charge on any atom is -0.544 e. The summed E-state index contributed by atoms with van der Waals surface area (Å²) in [6.07, 6.45) is 5.12. The van der Waals surface area contributed by atoms with Crippen LogP contribution < -0.4 is 19.2 Å². The Morgan fingerprint density at radius 3 is 1.40 bits per heavy atom. The molecular formula is C30H48O2Si3. The van der Waals surface area contributed by atoms with E-state index >= 15 is 0 Å². The summed E-state index contributed by atoms with van der Waals surface area (Å²) in [5.41, 5.74) is 3.10. The Morgan fingerprint density at radius 2 is 1.03 bits per heavy atom. The van der Waals surface area contributed by atoms with Crippen LogP contribution in [-0.4, -0.2) is 24.7 Å². The monoisotopic (exact) mass is 524 g/mol. The van der Waals surface area contributed by atoms with E-state index in [0.29, 0.717) is 0 Å². The Bertz CT molecular complexity index is 1000. The molecule has 0 aliphatic carbocycles. The normalized spacial score (nSPS) is 18.1. The molecule has 2 aromatic carbocycles. The summed E-state index contributed by atoms with van der Waals surface area (Å²) in [5, 5.41) is 3.72. The third-order valence-electron chi connectivity index (χ3n) is 9.64. The van der Waals surface area contributed by atoms with Gasteiger partial charge in [0, 0.05) is 0 Å². The SMILES string of the molecule is CC(C)(C)[Si](C)(C)Oc1ccc2c(c1)[Si]1(CCCCC1)c1cc(O[Si](C)(C)C(C)(C)C)ccc1C2. The van der Waals surface area contributed by atoms with Gasteiger partial charge < -0.3 is 8.85 Å². The second-order valence-corrected chi connectivity index (χ2v) is 27.9. The van der Waals surface area contributed by atoms with Gasteiger partial charge in [-0.2, -0.15) is 0 Å². The summed E-state index contributed by atoms with van der Waals surface area (Å²) in [5.74, 6) is 2.20. The first-order valence-electron chi connectivity index (χ1n) is 13.7. The molecule has 2 aliphatic heterocycles. The molecule has 2 aliphatic rings. The van der Waals surface area contributed by atoms with Crippen LogP contribution in [0.3, 0.4) is 0 Å². The first kappa shape index (κ1) is 26.7. The van der Waals surface area contributed by atoms with Crippen LogP contribution in [0.2, 0.25) is 48.4 Å². The molecular weight excluding hydrogens is 477 g/mol. The molecule has 0 saturated carbocycles. The number of hydrogen-bond donors (Lipinski definition) is 0. The summed E-state index contributed by atoms with van der Waals surface area (Å²) in [6, 6.07) is 17.0. The largest absolute Gasteiger partial charge is 0.544 e. The predicted molar refractivity (Wildman–Crippen MR) is 160 cm³/mol. The molecule has 192 valence electrons. The highest BCUT2D eigenvalue weighted by Gasteiger charge is 2.45. The first-order valence-corrected chi connectivity index (χ1v) is 21.9. The number of benzene rings is 2. The van der Waals surface area contributed by atoms with E-state index in [1.807, 2.05) is 0 Å². The Morgan fingerprint density at radius 1 is 0.629 bits per heavy atom. The molecule has 1 spiro atoms. The minimum absolute atomic E-state index is 0.200. The van der Waals surface area contributed by atoms with E-state index in [2.05, 4.69) is 104 Å². The van der Waals surface area contributed by atoms with Crippen LogP contribution in [0.4, 0.5) is 0 Å². The molecule has 2 nitrogen and oxygen atoms in total. The maximum atomic E-state index is 6.82. The van der Waals surface area contributed by atoms with E-state index in [0.717, 1.165) is 17.9 Å². The van der Waals surface area contributed by atoms with E-state index in [4.69, 9.17) is 8.85 Å². The maximum Gasteiger partial charge on any atom is 0.250 e. The van der Waals surface area contributed by atoms with Crippen molar-refractivity contribution in [3.63, 3.8) is 0 Å². The molecule has 0 unspecified atom stereocenters. The smallest absolute Gasteiger partial charge is 0.250 e. The van der Waals surface area contributed by atoms with Crippen LogP contribution in [0.15, 0.2) is 36.4 Å². The fraction of sp³-hybridized carbons (Fsp3) is 0.600. The molecule has 2 aromatic rings. The van der Waals surface area contributed by atoms with Crippen molar-refractivity contribution < 1.29 is 8.85 Å². The summed E-state index contributed by atoms with van der Waals surface area (Å²) in [7, 11) is -5.60. The Hall–Kier alpha value is -1.31. The zero-order chi connectivity index (χ0) is 25.9. The van der Waals surface area contributed by atoms with Crippen molar-refractivity contribution in [2.45, 2.75) is 116 Å². The van der Waals surface area contributed by atoms with Crippen LogP contribution in [0.5, 0.6) is 11.5 Å². The fourth-order valence-corrected chi connectivity index (χ4v) is 13.2. The molecule has 1 saturated heterocycles. The van der Waals surface area contributed by atoms with Crippen molar-refractivity contribution in [3.8, 4) is 11.5 Å². The van der Waals surface area contributed by atoms with E-state index in [1.54, 1.807) is 21.5 Å². The molecule has 4 rings (SSSR count). The maximum absolute atomic E-state index is 6.82. The topological polar surface area (TPSA) is 18.5 Å². The van der Waals surface area contributed by atoms with Gasteiger partial charge in [0.15, 0.2) is 0 Å². The average molecular weight is 525 g/mol. The van der Waals surface area contributed by atoms with Gasteiger partial charge in [-0.3, -0.25) is 0 Å². The lowest BCUT2D eigenvalue weighted by atomic mass is 10.0. The standard InChI is InChI=1S/C30H48O2Si3/c1-29(2,3)33(7,8)31-25-16-14-23-20-24-15-17-26(32-34(9,10)30(4,5)6)22-28(24)35(27(23)21-25)18-12-11-13-19-35/h14-17,21-22H,11-13,18-20H2,1-10H3. The molecule has 0 aromatic heterocycles. The van der Waals surface area contributed by atoms with Gasteiger partial charge in [0.25, 0.3) is 0 Å². The molecule has 0 bridgehead atoms. The molecule has 0 N–H and O–H groups in total. The van der Waals surface area contributed by atoms with Crippen molar-refractivity contribution in [2.24, 2.45) is 0 Å². The Kier molecular flexibility index (Phi) is 6.81. The molecule has 35 heavy (non-hydrogen) atoms. The zero-order valence-electron chi connectivity index (χ0n) is 24.0. The van der Waals surface area contributed by atoms with Crippen LogP contribution in [0.1, 0.15) is 71.9 Å². The van der Waals surface area contributed by atoms with Gasteiger partial charge >= 0.3 is 0 Å². The third kappa shape index (κ3) is 4.97. The molecule has 0 atom stereocenters. The Labute approximate surface area is 218 Å². The third-order valence-corrected chi connectivity index (χ3v) is 23.8. The molecule has 2 heterocycles. The van der Waals surface area contributed by atoms with Crippen molar-refractivity contribution in [1.29, 1.82) is 0 Å². The summed E-state index contributed by atoms with van der Waals surface area (Å²) in [4.78, 5) is 0. The lowest BCUT2D eigenvalue weighted by molar-refractivity contribution is 0.492. The summed E-state index contributed by atoms with van der Waals surface area (Å²) >= 11 is 0. The average Bonchev–Trinajstić information content (AvgIpc) is 2.74. The fourth-order valence-electron chi connectivity index (χ4n) is 5.38. The highest BCUT2D eigenvalue weighted by Crippen LogP contribution is 2.40. The van der Waals surface area contributed by atoms with Crippen molar-refractivity contribution in [3.05, 3.63) is 47.5 Å². The highest BCUT2D eigenvalue weighted by molar-refractivity contribution is 7.03. The van der Waals surface area contributed by atoms with Gasteiger partial charge in [0.1, 0.15) is 19.6 Å². The first-order chi connectivity index (χ1) is 16.1. The number of fused-ring (bicyclic) bond motifs is 4. The van der Waals surface area contributed by atoms with Gasteiger partial charge in [-0.1, -0.05) is 72.9 Å². The minimum atomic E-state index is -1.88. The second kappa shape index (κ2) is 8.91. The van der Waals surface area contributed by atoms with Gasteiger partial charge in [-0.25, -0.2) is 0 Å². The van der Waals surface area contributed by atoms with Crippen LogP contribution in [0, 0.1) is 0 Å². The Balaban J connectivity index is 1.78. The van der Waals surface area contributed by atoms with Crippen LogP contribution in [-0.2, 0) is 6.42 Å².